The van der Waals surface area contributed by atoms with Crippen molar-refractivity contribution in [1.29, 1.82) is 0 Å². The summed E-state index contributed by atoms with van der Waals surface area (Å²) in [6.45, 7) is 2.05. The van der Waals surface area contributed by atoms with E-state index in [1.165, 1.54) is 5.56 Å². The van der Waals surface area contributed by atoms with Crippen LogP contribution in [0.25, 0.3) is 0 Å². The minimum atomic E-state index is -2.34. The van der Waals surface area contributed by atoms with Crippen LogP contribution < -0.4 is 5.73 Å². The van der Waals surface area contributed by atoms with Crippen LogP contribution in [-0.2, 0) is 6.42 Å². The van der Waals surface area contributed by atoms with Crippen molar-refractivity contribution in [2.75, 3.05) is 0 Å². The van der Waals surface area contributed by atoms with E-state index < -0.39 is 12.5 Å². The van der Waals surface area contributed by atoms with Gasteiger partial charge in [-0.3, -0.25) is 0 Å². The highest BCUT2D eigenvalue weighted by Crippen LogP contribution is 2.18. The maximum absolute atomic E-state index is 12.0. The molecule has 1 aromatic rings. The molecule has 3 heteroatoms. The number of hydrogen-bond donors (Lipinski definition) is 1. The van der Waals surface area contributed by atoms with Crippen molar-refractivity contribution in [2.24, 2.45) is 5.73 Å². The molecule has 0 heterocycles. The fourth-order valence-electron chi connectivity index (χ4n) is 1.33. The zero-order chi connectivity index (χ0) is 10.6. The molecule has 1 aromatic carbocycles. The molecule has 0 aliphatic carbocycles. The van der Waals surface area contributed by atoms with E-state index in [4.69, 9.17) is 5.73 Å². The summed E-state index contributed by atoms with van der Waals surface area (Å²) in [7, 11) is 0. The number of alkyl halides is 2. The molecule has 1 rings (SSSR count). The van der Waals surface area contributed by atoms with Crippen molar-refractivity contribution >= 4 is 0 Å². The van der Waals surface area contributed by atoms with Crippen molar-refractivity contribution in [3.8, 4) is 0 Å². The Morgan fingerprint density at radius 2 is 1.79 bits per heavy atom. The summed E-state index contributed by atoms with van der Waals surface area (Å²) < 4.78 is 24.1. The molecule has 1 atom stereocenters. The lowest BCUT2D eigenvalue weighted by Crippen LogP contribution is -2.13. The van der Waals surface area contributed by atoms with Crippen LogP contribution in [0.3, 0.4) is 0 Å². The van der Waals surface area contributed by atoms with Gasteiger partial charge >= 0.3 is 0 Å². The quantitative estimate of drug-likeness (QED) is 0.792. The van der Waals surface area contributed by atoms with Gasteiger partial charge in [-0.25, -0.2) is 8.78 Å². The lowest BCUT2D eigenvalue weighted by Gasteiger charge is -2.11. The maximum Gasteiger partial charge on any atom is 0.240 e. The lowest BCUT2D eigenvalue weighted by molar-refractivity contribution is 0.128. The zero-order valence-electron chi connectivity index (χ0n) is 8.21. The van der Waals surface area contributed by atoms with Crippen LogP contribution in [-0.4, -0.2) is 6.43 Å². The second kappa shape index (κ2) is 5.05. The van der Waals surface area contributed by atoms with Crippen molar-refractivity contribution < 1.29 is 8.78 Å². The average molecular weight is 199 g/mol. The molecule has 0 bridgehead atoms. The average Bonchev–Trinajstić information content (AvgIpc) is 2.17. The summed E-state index contributed by atoms with van der Waals surface area (Å²) in [6.07, 6.45) is -1.66. The molecule has 78 valence electrons. The third kappa shape index (κ3) is 3.07. The molecule has 14 heavy (non-hydrogen) atoms. The van der Waals surface area contributed by atoms with Crippen LogP contribution in [0.4, 0.5) is 8.78 Å². The number of halogens is 2. The van der Waals surface area contributed by atoms with E-state index in [9.17, 15) is 8.78 Å². The van der Waals surface area contributed by atoms with Gasteiger partial charge in [0.25, 0.3) is 0 Å². The van der Waals surface area contributed by atoms with Gasteiger partial charge in [0, 0.05) is 12.5 Å². The highest BCUT2D eigenvalue weighted by Gasteiger charge is 2.12. The van der Waals surface area contributed by atoms with Crippen molar-refractivity contribution in [2.45, 2.75) is 32.2 Å². The van der Waals surface area contributed by atoms with Crippen LogP contribution >= 0.6 is 0 Å². The third-order valence-electron chi connectivity index (χ3n) is 2.25. The summed E-state index contributed by atoms with van der Waals surface area (Å²) in [4.78, 5) is 0. The standard InChI is InChI=1S/C11H15F2N/c1-2-8-3-5-9(6-4-8)10(14)7-11(12)13/h3-6,10-11H,2,7,14H2,1H3/t10-/m0/s1. The molecular weight excluding hydrogens is 184 g/mol. The van der Waals surface area contributed by atoms with Gasteiger partial charge in [-0.2, -0.15) is 0 Å². The molecule has 0 amide bonds. The molecule has 0 aromatic heterocycles. The number of nitrogens with two attached hydrogens (primary N) is 1. The maximum atomic E-state index is 12.0. The minimum Gasteiger partial charge on any atom is -0.324 e. The molecule has 1 nitrogen and oxygen atoms in total. The monoisotopic (exact) mass is 199 g/mol. The van der Waals surface area contributed by atoms with Crippen LogP contribution in [0.5, 0.6) is 0 Å². The second-order valence-corrected chi connectivity index (χ2v) is 3.33. The summed E-state index contributed by atoms with van der Waals surface area (Å²) in [5.74, 6) is 0. The Kier molecular flexibility index (Phi) is 4.01. The van der Waals surface area contributed by atoms with Gasteiger partial charge in [-0.15, -0.1) is 0 Å². The molecule has 0 radical (unpaired) electrons. The minimum absolute atomic E-state index is 0.272. The highest BCUT2D eigenvalue weighted by atomic mass is 19.3. The fourth-order valence-corrected chi connectivity index (χ4v) is 1.33. The first kappa shape index (κ1) is 11.1. The van der Waals surface area contributed by atoms with Gasteiger partial charge in [0.15, 0.2) is 0 Å². The normalized spacial score (nSPS) is 13.2. The van der Waals surface area contributed by atoms with Gasteiger partial charge in [0.2, 0.25) is 6.43 Å². The predicted octanol–water partition coefficient (Wildman–Crippen LogP) is 2.90. The van der Waals surface area contributed by atoms with Crippen LogP contribution in [0.15, 0.2) is 24.3 Å². The SMILES string of the molecule is CCc1ccc([C@@H](N)CC(F)F)cc1. The van der Waals surface area contributed by atoms with Crippen molar-refractivity contribution in [1.82, 2.24) is 0 Å². The second-order valence-electron chi connectivity index (χ2n) is 3.33. The Morgan fingerprint density at radius 1 is 1.21 bits per heavy atom. The topological polar surface area (TPSA) is 26.0 Å². The Balaban J connectivity index is 2.66. The Labute approximate surface area is 82.9 Å². The van der Waals surface area contributed by atoms with Crippen molar-refractivity contribution in [3.05, 3.63) is 35.4 Å². The molecule has 0 saturated heterocycles. The summed E-state index contributed by atoms with van der Waals surface area (Å²) in [6, 6.07) is 6.96. The zero-order valence-corrected chi connectivity index (χ0v) is 8.21. The van der Waals surface area contributed by atoms with Crippen molar-refractivity contribution in [3.63, 3.8) is 0 Å². The molecule has 0 spiro atoms. The van der Waals surface area contributed by atoms with E-state index in [-0.39, 0.29) is 6.42 Å². The Bertz CT molecular complexity index is 269. The largest absolute Gasteiger partial charge is 0.324 e. The van der Waals surface area contributed by atoms with Gasteiger partial charge in [0.05, 0.1) is 0 Å². The number of aryl methyl sites for hydroxylation is 1. The molecule has 0 aliphatic rings. The summed E-state index contributed by atoms with van der Waals surface area (Å²) in [5.41, 5.74) is 7.58. The molecular formula is C11H15F2N. The molecule has 0 saturated carbocycles. The number of benzene rings is 1. The Hall–Kier alpha value is -0.960. The number of hydrogen-bond acceptors (Lipinski definition) is 1. The lowest BCUT2D eigenvalue weighted by atomic mass is 10.0. The van der Waals surface area contributed by atoms with E-state index in [2.05, 4.69) is 0 Å². The van der Waals surface area contributed by atoms with Gasteiger partial charge < -0.3 is 5.73 Å². The molecule has 0 unspecified atom stereocenters. The van der Waals surface area contributed by atoms with Crippen LogP contribution in [0.1, 0.15) is 30.5 Å². The molecule has 2 N–H and O–H groups in total. The third-order valence-corrected chi connectivity index (χ3v) is 2.25. The fraction of sp³-hybridized carbons (Fsp3) is 0.455. The molecule has 0 fully saturated rings. The van der Waals surface area contributed by atoms with Gasteiger partial charge in [-0.05, 0) is 17.5 Å². The summed E-state index contributed by atoms with van der Waals surface area (Å²) in [5, 5.41) is 0. The highest BCUT2D eigenvalue weighted by molar-refractivity contribution is 5.24. The van der Waals surface area contributed by atoms with E-state index in [1.807, 2.05) is 31.2 Å². The predicted molar refractivity (Wildman–Crippen MR) is 53.4 cm³/mol. The van der Waals surface area contributed by atoms with Gasteiger partial charge in [0.1, 0.15) is 0 Å². The first-order chi connectivity index (χ1) is 6.63. The van der Waals surface area contributed by atoms with E-state index >= 15 is 0 Å². The number of rotatable bonds is 4. The first-order valence-corrected chi connectivity index (χ1v) is 4.76. The Morgan fingerprint density at radius 3 is 2.21 bits per heavy atom. The van der Waals surface area contributed by atoms with E-state index in [0.29, 0.717) is 0 Å². The first-order valence-electron chi connectivity index (χ1n) is 4.76. The van der Waals surface area contributed by atoms with Gasteiger partial charge in [-0.1, -0.05) is 31.2 Å². The van der Waals surface area contributed by atoms with E-state index in [1.54, 1.807) is 0 Å². The molecule has 0 aliphatic heterocycles. The smallest absolute Gasteiger partial charge is 0.240 e. The van der Waals surface area contributed by atoms with Crippen LogP contribution in [0, 0.1) is 0 Å². The van der Waals surface area contributed by atoms with Crippen LogP contribution in [0.2, 0.25) is 0 Å². The van der Waals surface area contributed by atoms with E-state index in [0.717, 1.165) is 12.0 Å². The summed E-state index contributed by atoms with van der Waals surface area (Å²) >= 11 is 0.